The van der Waals surface area contributed by atoms with E-state index in [0.717, 1.165) is 24.8 Å². The molecule has 1 aromatic carbocycles. The van der Waals surface area contributed by atoms with Crippen molar-refractivity contribution in [3.63, 3.8) is 0 Å². The van der Waals surface area contributed by atoms with E-state index in [-0.39, 0.29) is 17.8 Å². The third-order valence-electron chi connectivity index (χ3n) is 4.52. The van der Waals surface area contributed by atoms with Gasteiger partial charge in [-0.15, -0.1) is 0 Å². The zero-order valence-electron chi connectivity index (χ0n) is 16.0. The van der Waals surface area contributed by atoms with Crippen LogP contribution in [-0.2, 0) is 11.8 Å². The zero-order chi connectivity index (χ0) is 20.1. The summed E-state index contributed by atoms with van der Waals surface area (Å²) in [5.74, 6) is 0. The van der Waals surface area contributed by atoms with Crippen molar-refractivity contribution in [2.45, 2.75) is 51.8 Å². The Hall–Kier alpha value is -1.92. The number of aryl methyl sites for hydroxylation is 1. The van der Waals surface area contributed by atoms with Crippen LogP contribution in [0, 0.1) is 6.92 Å². The fraction of sp³-hybridized carbons (Fsp3) is 0.476. The van der Waals surface area contributed by atoms with Crippen LogP contribution in [0.5, 0.6) is 0 Å². The van der Waals surface area contributed by atoms with Gasteiger partial charge in [0.15, 0.2) is 5.69 Å². The zero-order valence-corrected chi connectivity index (χ0v) is 16.0. The molecule has 27 heavy (non-hydrogen) atoms. The molecule has 0 saturated carbocycles. The summed E-state index contributed by atoms with van der Waals surface area (Å²) in [5.41, 5.74) is -1.07. The second-order valence-electron chi connectivity index (χ2n) is 7.11. The molecule has 6 heteroatoms. The van der Waals surface area contributed by atoms with Gasteiger partial charge in [-0.1, -0.05) is 55.7 Å². The van der Waals surface area contributed by atoms with Crippen LogP contribution in [0.3, 0.4) is 0 Å². The monoisotopic (exact) mass is 380 g/mol. The molecule has 0 unspecified atom stereocenters. The Morgan fingerprint density at radius 1 is 1.04 bits per heavy atom. The van der Waals surface area contributed by atoms with Crippen LogP contribution in [-0.4, -0.2) is 23.2 Å². The molecule has 0 aliphatic heterocycles. The molecule has 0 aliphatic carbocycles. The number of pyridine rings is 1. The molecular formula is C21H27F3N2O. The van der Waals surface area contributed by atoms with Crippen molar-refractivity contribution >= 4 is 0 Å². The Morgan fingerprint density at radius 2 is 1.70 bits per heavy atom. The highest BCUT2D eigenvalue weighted by molar-refractivity contribution is 5.60. The third kappa shape index (κ3) is 5.78. The summed E-state index contributed by atoms with van der Waals surface area (Å²) >= 11 is 0. The lowest BCUT2D eigenvalue weighted by atomic mass is 9.93. The van der Waals surface area contributed by atoms with Crippen LogP contribution in [0.4, 0.5) is 13.2 Å². The van der Waals surface area contributed by atoms with Crippen LogP contribution < -0.4 is 5.32 Å². The number of unbranched alkanes of at least 4 members (excludes halogenated alkanes) is 2. The molecule has 3 nitrogen and oxygen atoms in total. The molecule has 0 radical (unpaired) electrons. The van der Waals surface area contributed by atoms with E-state index >= 15 is 0 Å². The maximum Gasteiger partial charge on any atom is 0.433 e. The minimum absolute atomic E-state index is 0.0331. The normalized spacial score (nSPS) is 14.2. The van der Waals surface area contributed by atoms with Gasteiger partial charge in [0.1, 0.15) is 5.60 Å². The predicted molar refractivity (Wildman–Crippen MR) is 101 cm³/mol. The standard InChI is InChI=1S/C21H27F3N2O/c1-4-5-6-13-25-14-20(3,27)17-11-12-18(26-19(17)21(22,23)24)16-9-7-15(2)8-10-16/h7-12,25,27H,4-6,13-14H2,1-3H3/t20-/m0/s1. The van der Waals surface area contributed by atoms with Crippen molar-refractivity contribution < 1.29 is 18.3 Å². The fourth-order valence-corrected chi connectivity index (χ4v) is 2.92. The van der Waals surface area contributed by atoms with Gasteiger partial charge in [0, 0.05) is 17.7 Å². The van der Waals surface area contributed by atoms with Crippen molar-refractivity contribution in [3.05, 3.63) is 53.2 Å². The number of halogens is 3. The fourth-order valence-electron chi connectivity index (χ4n) is 2.92. The van der Waals surface area contributed by atoms with Crippen molar-refractivity contribution in [2.24, 2.45) is 0 Å². The Bertz CT molecular complexity index is 740. The van der Waals surface area contributed by atoms with Gasteiger partial charge in [-0.05, 0) is 32.9 Å². The summed E-state index contributed by atoms with van der Waals surface area (Å²) < 4.78 is 40.9. The molecule has 0 bridgehead atoms. The van der Waals surface area contributed by atoms with E-state index in [1.165, 1.54) is 19.1 Å². The summed E-state index contributed by atoms with van der Waals surface area (Å²) in [5, 5.41) is 13.7. The van der Waals surface area contributed by atoms with Gasteiger partial charge in [0.25, 0.3) is 0 Å². The lowest BCUT2D eigenvalue weighted by molar-refractivity contribution is -0.144. The van der Waals surface area contributed by atoms with E-state index in [2.05, 4.69) is 17.2 Å². The van der Waals surface area contributed by atoms with Gasteiger partial charge in [-0.3, -0.25) is 0 Å². The minimum Gasteiger partial charge on any atom is -0.384 e. The Kier molecular flexibility index (Phi) is 7.00. The highest BCUT2D eigenvalue weighted by Gasteiger charge is 2.40. The highest BCUT2D eigenvalue weighted by atomic mass is 19.4. The van der Waals surface area contributed by atoms with Crippen LogP contribution >= 0.6 is 0 Å². The van der Waals surface area contributed by atoms with E-state index in [9.17, 15) is 18.3 Å². The first-order chi connectivity index (χ1) is 12.6. The molecule has 0 saturated heterocycles. The molecule has 1 atom stereocenters. The van der Waals surface area contributed by atoms with E-state index in [0.29, 0.717) is 12.1 Å². The summed E-state index contributed by atoms with van der Waals surface area (Å²) in [6, 6.07) is 10.00. The number of aromatic nitrogens is 1. The molecule has 0 amide bonds. The van der Waals surface area contributed by atoms with Gasteiger partial charge < -0.3 is 10.4 Å². The van der Waals surface area contributed by atoms with Crippen LogP contribution in [0.25, 0.3) is 11.3 Å². The first-order valence-electron chi connectivity index (χ1n) is 9.24. The number of aliphatic hydroxyl groups is 1. The summed E-state index contributed by atoms with van der Waals surface area (Å²) in [6.07, 6.45) is -1.64. The Balaban J connectivity index is 2.31. The maximum atomic E-state index is 13.6. The first-order valence-corrected chi connectivity index (χ1v) is 9.24. The molecule has 0 fully saturated rings. The molecule has 2 aromatic rings. The molecule has 2 rings (SSSR count). The molecule has 0 spiro atoms. The smallest absolute Gasteiger partial charge is 0.384 e. The topological polar surface area (TPSA) is 45.1 Å². The predicted octanol–water partition coefficient (Wildman–Crippen LogP) is 5.06. The second kappa shape index (κ2) is 8.85. The van der Waals surface area contributed by atoms with Gasteiger partial charge in [-0.25, -0.2) is 4.98 Å². The van der Waals surface area contributed by atoms with Gasteiger partial charge >= 0.3 is 6.18 Å². The minimum atomic E-state index is -4.65. The maximum absolute atomic E-state index is 13.6. The second-order valence-corrected chi connectivity index (χ2v) is 7.11. The van der Waals surface area contributed by atoms with E-state index in [1.807, 2.05) is 19.1 Å². The van der Waals surface area contributed by atoms with Gasteiger partial charge in [0.05, 0.1) is 5.69 Å². The van der Waals surface area contributed by atoms with E-state index < -0.39 is 17.5 Å². The van der Waals surface area contributed by atoms with Crippen LogP contribution in [0.15, 0.2) is 36.4 Å². The van der Waals surface area contributed by atoms with Crippen LogP contribution in [0.2, 0.25) is 0 Å². The van der Waals surface area contributed by atoms with Crippen molar-refractivity contribution in [2.75, 3.05) is 13.1 Å². The lowest BCUT2D eigenvalue weighted by Gasteiger charge is -2.27. The first kappa shape index (κ1) is 21.4. The van der Waals surface area contributed by atoms with Crippen molar-refractivity contribution in [1.82, 2.24) is 10.3 Å². The number of nitrogens with zero attached hydrogens (tertiary/aromatic N) is 1. The molecule has 1 heterocycles. The Morgan fingerprint density at radius 3 is 2.30 bits per heavy atom. The summed E-state index contributed by atoms with van der Waals surface area (Å²) in [6.45, 7) is 6.06. The molecule has 0 aliphatic rings. The number of rotatable bonds is 8. The summed E-state index contributed by atoms with van der Waals surface area (Å²) in [7, 11) is 0. The van der Waals surface area contributed by atoms with Crippen molar-refractivity contribution in [3.8, 4) is 11.3 Å². The average molecular weight is 380 g/mol. The average Bonchev–Trinajstić information content (AvgIpc) is 2.61. The van der Waals surface area contributed by atoms with Crippen LogP contribution in [0.1, 0.15) is 49.9 Å². The molecule has 1 aromatic heterocycles. The molecule has 2 N–H and O–H groups in total. The van der Waals surface area contributed by atoms with Crippen molar-refractivity contribution in [1.29, 1.82) is 0 Å². The number of benzene rings is 1. The molecular weight excluding hydrogens is 353 g/mol. The lowest BCUT2D eigenvalue weighted by Crippen LogP contribution is -2.38. The quantitative estimate of drug-likeness (QED) is 0.629. The summed E-state index contributed by atoms with van der Waals surface area (Å²) in [4.78, 5) is 3.86. The van der Waals surface area contributed by atoms with Gasteiger partial charge in [0.2, 0.25) is 0 Å². The molecule has 148 valence electrons. The van der Waals surface area contributed by atoms with Gasteiger partial charge in [-0.2, -0.15) is 13.2 Å². The highest BCUT2D eigenvalue weighted by Crippen LogP contribution is 2.36. The SMILES string of the molecule is CCCCCNC[C@](C)(O)c1ccc(-c2ccc(C)cc2)nc1C(F)(F)F. The number of hydrogen-bond acceptors (Lipinski definition) is 3. The van der Waals surface area contributed by atoms with E-state index in [1.54, 1.807) is 12.1 Å². The Labute approximate surface area is 158 Å². The van der Waals surface area contributed by atoms with E-state index in [4.69, 9.17) is 0 Å². The number of hydrogen-bond donors (Lipinski definition) is 2. The number of nitrogens with one attached hydrogen (secondary N) is 1. The number of alkyl halides is 3. The third-order valence-corrected chi connectivity index (χ3v) is 4.52. The largest absolute Gasteiger partial charge is 0.433 e.